The summed E-state index contributed by atoms with van der Waals surface area (Å²) in [5.74, 6) is 0.486. The highest BCUT2D eigenvalue weighted by atomic mass is 16.2. The van der Waals surface area contributed by atoms with Crippen molar-refractivity contribution < 1.29 is 4.79 Å². The van der Waals surface area contributed by atoms with Gasteiger partial charge in [0.1, 0.15) is 6.54 Å². The molecule has 2 heterocycles. The molecule has 2 bridgehead atoms. The summed E-state index contributed by atoms with van der Waals surface area (Å²) in [6.07, 6.45) is 4.71. The molecule has 1 unspecified atom stereocenters. The minimum Gasteiger partial charge on any atom is -0.342 e. The normalized spacial score (nSPS) is 34.9. The van der Waals surface area contributed by atoms with Gasteiger partial charge in [-0.1, -0.05) is 0 Å². The van der Waals surface area contributed by atoms with Crippen LogP contribution in [0, 0.1) is 17.2 Å². The Morgan fingerprint density at radius 1 is 1.43 bits per heavy atom. The van der Waals surface area contributed by atoms with E-state index in [1.807, 2.05) is 6.07 Å². The Morgan fingerprint density at radius 3 is 2.64 bits per heavy atom. The Kier molecular flexibility index (Phi) is 2.69. The Morgan fingerprint density at radius 2 is 2.14 bits per heavy atom. The first-order valence-corrected chi connectivity index (χ1v) is 5.22. The van der Waals surface area contributed by atoms with Gasteiger partial charge >= 0.3 is 0 Å². The van der Waals surface area contributed by atoms with Crippen LogP contribution in [0.2, 0.25) is 0 Å². The molecular formula is C10H15N3O. The zero-order valence-corrected chi connectivity index (χ0v) is 8.12. The molecule has 3 aliphatic rings. The first-order valence-electron chi connectivity index (χ1n) is 5.22. The summed E-state index contributed by atoms with van der Waals surface area (Å²) in [5, 5.41) is 14.3. The van der Waals surface area contributed by atoms with E-state index in [4.69, 9.17) is 5.26 Å². The highest BCUT2D eigenvalue weighted by Gasteiger charge is 2.38. The molecule has 0 aromatic carbocycles. The Bertz CT molecular complexity index is 263. The van der Waals surface area contributed by atoms with Gasteiger partial charge in [-0.25, -0.2) is 0 Å². The number of piperidine rings is 2. The summed E-state index contributed by atoms with van der Waals surface area (Å²) in [4.78, 5) is 11.6. The topological polar surface area (TPSA) is 64.9 Å². The van der Waals surface area contributed by atoms with Gasteiger partial charge in [0.2, 0.25) is 5.91 Å². The molecule has 1 amide bonds. The van der Waals surface area contributed by atoms with Gasteiger partial charge in [-0.05, 0) is 31.6 Å². The molecule has 0 spiro atoms. The molecule has 4 nitrogen and oxygen atoms in total. The second kappa shape index (κ2) is 3.97. The van der Waals surface area contributed by atoms with Crippen molar-refractivity contribution in [1.82, 2.24) is 10.6 Å². The van der Waals surface area contributed by atoms with Crippen LogP contribution < -0.4 is 10.6 Å². The predicted octanol–water partition coefficient (Wildman–Crippen LogP) is 0.157. The van der Waals surface area contributed by atoms with E-state index in [2.05, 4.69) is 10.6 Å². The van der Waals surface area contributed by atoms with Gasteiger partial charge < -0.3 is 10.6 Å². The monoisotopic (exact) mass is 193 g/mol. The van der Waals surface area contributed by atoms with Crippen molar-refractivity contribution in [3.05, 3.63) is 0 Å². The SMILES string of the molecule is N#CCNC(=O)C1NC2CCC1CC2. The number of amides is 1. The summed E-state index contributed by atoms with van der Waals surface area (Å²) in [6, 6.07) is 2.40. The van der Waals surface area contributed by atoms with Crippen molar-refractivity contribution in [3.63, 3.8) is 0 Å². The molecule has 2 saturated heterocycles. The van der Waals surface area contributed by atoms with Crippen molar-refractivity contribution in [2.75, 3.05) is 6.54 Å². The minimum atomic E-state index is -0.0455. The molecule has 0 aromatic rings. The largest absolute Gasteiger partial charge is 0.342 e. The van der Waals surface area contributed by atoms with E-state index in [1.165, 1.54) is 12.8 Å². The number of hydrogen-bond acceptors (Lipinski definition) is 3. The summed E-state index contributed by atoms with van der Waals surface area (Å²) >= 11 is 0. The number of nitrogens with one attached hydrogen (secondary N) is 2. The van der Waals surface area contributed by atoms with E-state index in [0.29, 0.717) is 12.0 Å². The molecule has 4 heteroatoms. The van der Waals surface area contributed by atoms with E-state index in [1.54, 1.807) is 0 Å². The first-order chi connectivity index (χ1) is 6.81. The summed E-state index contributed by atoms with van der Waals surface area (Å²) in [5.41, 5.74) is 0. The quantitative estimate of drug-likeness (QED) is 0.614. The van der Waals surface area contributed by atoms with Crippen LogP contribution in [0.1, 0.15) is 25.7 Å². The summed E-state index contributed by atoms with van der Waals surface area (Å²) < 4.78 is 0. The fraction of sp³-hybridized carbons (Fsp3) is 0.800. The maximum atomic E-state index is 11.6. The summed E-state index contributed by atoms with van der Waals surface area (Å²) in [7, 11) is 0. The van der Waals surface area contributed by atoms with E-state index in [0.717, 1.165) is 12.8 Å². The van der Waals surface area contributed by atoms with Crippen LogP contribution in [-0.2, 0) is 4.79 Å². The minimum absolute atomic E-state index is 0.000880. The molecule has 1 saturated carbocycles. The number of nitriles is 1. The van der Waals surface area contributed by atoms with Crippen LogP contribution >= 0.6 is 0 Å². The Hall–Kier alpha value is -1.08. The lowest BCUT2D eigenvalue weighted by atomic mass is 9.76. The molecule has 2 N–H and O–H groups in total. The number of fused-ring (bicyclic) bond motifs is 3. The van der Waals surface area contributed by atoms with E-state index < -0.39 is 0 Å². The van der Waals surface area contributed by atoms with Crippen LogP contribution in [0.3, 0.4) is 0 Å². The molecule has 14 heavy (non-hydrogen) atoms. The molecule has 3 fully saturated rings. The lowest BCUT2D eigenvalue weighted by Gasteiger charge is -2.42. The van der Waals surface area contributed by atoms with Crippen LogP contribution in [0.4, 0.5) is 0 Å². The van der Waals surface area contributed by atoms with Gasteiger partial charge in [-0.15, -0.1) is 0 Å². The van der Waals surface area contributed by atoms with Gasteiger partial charge in [-0.2, -0.15) is 5.26 Å². The van der Waals surface area contributed by atoms with E-state index in [-0.39, 0.29) is 18.5 Å². The van der Waals surface area contributed by atoms with Crippen molar-refractivity contribution >= 4 is 5.91 Å². The van der Waals surface area contributed by atoms with Crippen LogP contribution in [-0.4, -0.2) is 24.5 Å². The Labute approximate surface area is 83.7 Å². The molecule has 2 aliphatic heterocycles. The maximum absolute atomic E-state index is 11.6. The number of rotatable bonds is 2. The number of carbonyl (C=O) groups is 1. The van der Waals surface area contributed by atoms with Crippen molar-refractivity contribution in [3.8, 4) is 6.07 Å². The standard InChI is InChI=1S/C10H15N3O/c11-5-6-12-10(14)9-7-1-3-8(13-9)4-2-7/h7-9,13H,1-4,6H2,(H,12,14). The molecule has 1 atom stereocenters. The van der Waals surface area contributed by atoms with Crippen molar-refractivity contribution in [1.29, 1.82) is 5.26 Å². The third-order valence-corrected chi connectivity index (χ3v) is 3.28. The third-order valence-electron chi connectivity index (χ3n) is 3.28. The summed E-state index contributed by atoms with van der Waals surface area (Å²) in [6.45, 7) is 0.119. The third kappa shape index (κ3) is 1.73. The van der Waals surface area contributed by atoms with Crippen LogP contribution in [0.25, 0.3) is 0 Å². The van der Waals surface area contributed by atoms with Gasteiger partial charge in [0, 0.05) is 6.04 Å². The van der Waals surface area contributed by atoms with Gasteiger partial charge in [0.15, 0.2) is 0 Å². The fourth-order valence-corrected chi connectivity index (χ4v) is 2.54. The fourth-order valence-electron chi connectivity index (χ4n) is 2.54. The molecule has 0 radical (unpaired) electrons. The highest BCUT2D eigenvalue weighted by molar-refractivity contribution is 5.82. The van der Waals surface area contributed by atoms with E-state index in [9.17, 15) is 4.79 Å². The van der Waals surface area contributed by atoms with Gasteiger partial charge in [0.25, 0.3) is 0 Å². The number of nitrogens with zero attached hydrogens (tertiary/aromatic N) is 1. The van der Waals surface area contributed by atoms with Crippen LogP contribution in [0.5, 0.6) is 0 Å². The zero-order chi connectivity index (χ0) is 9.97. The number of carbonyl (C=O) groups excluding carboxylic acids is 1. The maximum Gasteiger partial charge on any atom is 0.238 e. The molecule has 1 aliphatic carbocycles. The lowest BCUT2D eigenvalue weighted by Crippen LogP contribution is -2.58. The second-order valence-electron chi connectivity index (χ2n) is 4.13. The molecular weight excluding hydrogens is 178 g/mol. The highest BCUT2D eigenvalue weighted by Crippen LogP contribution is 2.32. The van der Waals surface area contributed by atoms with Crippen LogP contribution in [0.15, 0.2) is 0 Å². The molecule has 3 rings (SSSR count). The predicted molar refractivity (Wildman–Crippen MR) is 51.3 cm³/mol. The van der Waals surface area contributed by atoms with Gasteiger partial charge in [-0.3, -0.25) is 4.79 Å². The van der Waals surface area contributed by atoms with Crippen molar-refractivity contribution in [2.45, 2.75) is 37.8 Å². The lowest BCUT2D eigenvalue weighted by molar-refractivity contribution is -0.126. The van der Waals surface area contributed by atoms with E-state index >= 15 is 0 Å². The van der Waals surface area contributed by atoms with Gasteiger partial charge in [0.05, 0.1) is 12.1 Å². The second-order valence-corrected chi connectivity index (χ2v) is 4.13. The number of hydrogen-bond donors (Lipinski definition) is 2. The smallest absolute Gasteiger partial charge is 0.238 e. The average molecular weight is 193 g/mol. The Balaban J connectivity index is 1.92. The molecule has 76 valence electrons. The average Bonchev–Trinajstić information content (AvgIpc) is 2.27. The first kappa shape index (κ1) is 9.47. The zero-order valence-electron chi connectivity index (χ0n) is 8.12. The molecule has 0 aromatic heterocycles. The van der Waals surface area contributed by atoms with Crippen molar-refractivity contribution in [2.24, 2.45) is 5.92 Å².